The Morgan fingerprint density at radius 1 is 1.10 bits per heavy atom. The second kappa shape index (κ2) is 4.74. The summed E-state index contributed by atoms with van der Waals surface area (Å²) in [4.78, 5) is 0. The van der Waals surface area contributed by atoms with Crippen LogP contribution in [-0.4, -0.2) is 10.2 Å². The molecule has 0 atom stereocenters. The molecule has 1 aliphatic rings. The maximum Gasteiger partial charge on any atom is 0.416 e. The molecule has 0 spiro atoms. The summed E-state index contributed by atoms with van der Waals surface area (Å²) in [6.45, 7) is 0. The number of benzene rings is 1. The maximum atomic E-state index is 12.7. The molecule has 1 saturated carbocycles. The van der Waals surface area contributed by atoms with Crippen molar-refractivity contribution in [1.29, 1.82) is 0 Å². The first-order valence-corrected chi connectivity index (χ1v) is 6.53. The van der Waals surface area contributed by atoms with Crippen LogP contribution in [0.15, 0.2) is 30.3 Å². The Hall–Kier alpha value is -1.62. The number of hydrogen-bond donors (Lipinski definition) is 0. The first kappa shape index (κ1) is 13.4. The van der Waals surface area contributed by atoms with Gasteiger partial charge in [0.25, 0.3) is 0 Å². The second-order valence-electron chi connectivity index (χ2n) is 4.83. The molecule has 0 amide bonds. The van der Waals surface area contributed by atoms with E-state index in [-0.39, 0.29) is 5.15 Å². The molecular formula is C14H10ClF3N2. The lowest BCUT2D eigenvalue weighted by molar-refractivity contribution is -0.137. The Bertz CT molecular complexity index is 651. The first-order chi connectivity index (χ1) is 9.45. The molecule has 6 heteroatoms. The van der Waals surface area contributed by atoms with Gasteiger partial charge in [-0.25, -0.2) is 0 Å². The minimum Gasteiger partial charge on any atom is -0.166 e. The van der Waals surface area contributed by atoms with Crippen LogP contribution >= 0.6 is 11.6 Å². The molecule has 104 valence electrons. The van der Waals surface area contributed by atoms with Crippen molar-refractivity contribution in [2.75, 3.05) is 0 Å². The van der Waals surface area contributed by atoms with Gasteiger partial charge in [-0.3, -0.25) is 0 Å². The van der Waals surface area contributed by atoms with Gasteiger partial charge in [0.15, 0.2) is 5.15 Å². The Labute approximate surface area is 118 Å². The van der Waals surface area contributed by atoms with E-state index in [0.717, 1.165) is 30.7 Å². The molecule has 1 heterocycles. The van der Waals surface area contributed by atoms with Gasteiger partial charge in [-0.1, -0.05) is 23.7 Å². The van der Waals surface area contributed by atoms with Crippen LogP contribution in [-0.2, 0) is 6.18 Å². The highest BCUT2D eigenvalue weighted by atomic mass is 35.5. The predicted molar refractivity (Wildman–Crippen MR) is 69.5 cm³/mol. The molecule has 1 fully saturated rings. The summed E-state index contributed by atoms with van der Waals surface area (Å²) in [5.41, 5.74) is 0.994. The quantitative estimate of drug-likeness (QED) is 0.803. The van der Waals surface area contributed by atoms with Gasteiger partial charge in [-0.05, 0) is 36.6 Å². The standard InChI is InChI=1S/C14H10ClF3N2/c15-13-11(7-12(19-20-13)8-4-5-8)9-2-1-3-10(6-9)14(16,17)18/h1-3,6-8H,4-5H2. The smallest absolute Gasteiger partial charge is 0.166 e. The first-order valence-electron chi connectivity index (χ1n) is 6.16. The monoisotopic (exact) mass is 298 g/mol. The van der Waals surface area contributed by atoms with Gasteiger partial charge in [0.1, 0.15) is 0 Å². The third-order valence-electron chi connectivity index (χ3n) is 3.26. The number of rotatable bonds is 2. The maximum absolute atomic E-state index is 12.7. The minimum atomic E-state index is -4.37. The highest BCUT2D eigenvalue weighted by Crippen LogP contribution is 2.41. The summed E-state index contributed by atoms with van der Waals surface area (Å²) in [6.07, 6.45) is -2.29. The molecular weight excluding hydrogens is 289 g/mol. The number of halogens is 4. The van der Waals surface area contributed by atoms with Crippen molar-refractivity contribution in [2.45, 2.75) is 24.9 Å². The van der Waals surface area contributed by atoms with Crippen molar-refractivity contribution in [3.8, 4) is 11.1 Å². The minimum absolute atomic E-state index is 0.119. The lowest BCUT2D eigenvalue weighted by atomic mass is 10.0. The van der Waals surface area contributed by atoms with Crippen molar-refractivity contribution in [3.05, 3.63) is 46.7 Å². The van der Waals surface area contributed by atoms with E-state index >= 15 is 0 Å². The van der Waals surface area contributed by atoms with Gasteiger partial charge >= 0.3 is 6.18 Å². The Balaban J connectivity index is 2.06. The summed E-state index contributed by atoms with van der Waals surface area (Å²) in [5.74, 6) is 0.365. The van der Waals surface area contributed by atoms with E-state index in [1.165, 1.54) is 6.07 Å². The number of alkyl halides is 3. The molecule has 0 radical (unpaired) electrons. The second-order valence-corrected chi connectivity index (χ2v) is 5.18. The number of aromatic nitrogens is 2. The van der Waals surface area contributed by atoms with Crippen molar-refractivity contribution >= 4 is 11.6 Å². The average Bonchev–Trinajstić information content (AvgIpc) is 3.23. The Morgan fingerprint density at radius 2 is 1.85 bits per heavy atom. The van der Waals surface area contributed by atoms with E-state index in [9.17, 15) is 13.2 Å². The van der Waals surface area contributed by atoms with Gasteiger partial charge in [0, 0.05) is 11.5 Å². The summed E-state index contributed by atoms with van der Waals surface area (Å²) in [5, 5.41) is 7.96. The highest BCUT2D eigenvalue weighted by Gasteiger charge is 2.31. The zero-order valence-electron chi connectivity index (χ0n) is 10.3. The van der Waals surface area contributed by atoms with Crippen LogP contribution in [0.5, 0.6) is 0 Å². The van der Waals surface area contributed by atoms with E-state index in [0.29, 0.717) is 17.0 Å². The third-order valence-corrected chi connectivity index (χ3v) is 3.54. The lowest BCUT2D eigenvalue weighted by Crippen LogP contribution is -2.04. The predicted octanol–water partition coefficient (Wildman–Crippen LogP) is 4.69. The fourth-order valence-electron chi connectivity index (χ4n) is 2.04. The van der Waals surface area contributed by atoms with E-state index in [4.69, 9.17) is 11.6 Å². The Kier molecular flexibility index (Phi) is 3.17. The fraction of sp³-hybridized carbons (Fsp3) is 0.286. The molecule has 0 N–H and O–H groups in total. The molecule has 2 aromatic rings. The van der Waals surface area contributed by atoms with Crippen molar-refractivity contribution in [2.24, 2.45) is 0 Å². The Morgan fingerprint density at radius 3 is 2.50 bits per heavy atom. The molecule has 1 aliphatic carbocycles. The van der Waals surface area contributed by atoms with Gasteiger partial charge in [0.05, 0.1) is 11.3 Å². The largest absolute Gasteiger partial charge is 0.416 e. The highest BCUT2D eigenvalue weighted by molar-refractivity contribution is 6.32. The van der Waals surface area contributed by atoms with E-state index < -0.39 is 11.7 Å². The van der Waals surface area contributed by atoms with Gasteiger partial charge < -0.3 is 0 Å². The van der Waals surface area contributed by atoms with Crippen LogP contribution in [0.2, 0.25) is 5.15 Å². The molecule has 0 aliphatic heterocycles. The van der Waals surface area contributed by atoms with Crippen LogP contribution in [0, 0.1) is 0 Å². The van der Waals surface area contributed by atoms with Crippen LogP contribution in [0.3, 0.4) is 0 Å². The lowest BCUT2D eigenvalue weighted by Gasteiger charge is -2.10. The third kappa shape index (κ3) is 2.63. The zero-order chi connectivity index (χ0) is 14.3. The molecule has 2 nitrogen and oxygen atoms in total. The fourth-order valence-corrected chi connectivity index (χ4v) is 2.24. The van der Waals surface area contributed by atoms with Crippen LogP contribution in [0.1, 0.15) is 30.0 Å². The molecule has 1 aromatic carbocycles. The van der Waals surface area contributed by atoms with Crippen molar-refractivity contribution in [3.63, 3.8) is 0 Å². The molecule has 20 heavy (non-hydrogen) atoms. The SMILES string of the molecule is FC(F)(F)c1cccc(-c2cc(C3CC3)nnc2Cl)c1. The van der Waals surface area contributed by atoms with Crippen LogP contribution < -0.4 is 0 Å². The van der Waals surface area contributed by atoms with Gasteiger partial charge in [0.2, 0.25) is 0 Å². The summed E-state index contributed by atoms with van der Waals surface area (Å²) >= 11 is 5.97. The normalized spacial score (nSPS) is 15.4. The molecule has 0 bridgehead atoms. The average molecular weight is 299 g/mol. The van der Waals surface area contributed by atoms with Gasteiger partial charge in [-0.2, -0.15) is 18.3 Å². The number of hydrogen-bond acceptors (Lipinski definition) is 2. The summed E-state index contributed by atoms with van der Waals surface area (Å²) in [6, 6.07) is 6.82. The molecule has 1 aromatic heterocycles. The molecule has 0 unspecified atom stereocenters. The summed E-state index contributed by atoms with van der Waals surface area (Å²) < 4.78 is 38.2. The zero-order valence-corrected chi connectivity index (χ0v) is 11.0. The topological polar surface area (TPSA) is 25.8 Å². The van der Waals surface area contributed by atoms with E-state index in [2.05, 4.69) is 10.2 Å². The van der Waals surface area contributed by atoms with Crippen molar-refractivity contribution < 1.29 is 13.2 Å². The van der Waals surface area contributed by atoms with Crippen LogP contribution in [0.4, 0.5) is 13.2 Å². The van der Waals surface area contributed by atoms with E-state index in [1.54, 1.807) is 12.1 Å². The van der Waals surface area contributed by atoms with E-state index in [1.807, 2.05) is 0 Å². The molecule has 3 rings (SSSR count). The van der Waals surface area contributed by atoms with Crippen LogP contribution in [0.25, 0.3) is 11.1 Å². The van der Waals surface area contributed by atoms with Crippen molar-refractivity contribution in [1.82, 2.24) is 10.2 Å². The van der Waals surface area contributed by atoms with Gasteiger partial charge in [-0.15, -0.1) is 5.10 Å². The number of nitrogens with zero attached hydrogens (tertiary/aromatic N) is 2. The summed E-state index contributed by atoms with van der Waals surface area (Å²) in [7, 11) is 0. The molecule has 0 saturated heterocycles.